The van der Waals surface area contributed by atoms with Gasteiger partial charge >= 0.3 is 0 Å². The quantitative estimate of drug-likeness (QED) is 0.655. The number of likely N-dealkylation sites (N-methyl/N-ethyl adjacent to an activating group) is 1. The third-order valence-electron chi connectivity index (χ3n) is 3.85. The molecule has 2 nitrogen and oxygen atoms in total. The highest BCUT2D eigenvalue weighted by Crippen LogP contribution is 2.14. The molecule has 0 heterocycles. The molecule has 1 unspecified atom stereocenters. The molecule has 20 heavy (non-hydrogen) atoms. The Morgan fingerprint density at radius 2 is 1.80 bits per heavy atom. The van der Waals surface area contributed by atoms with Crippen molar-refractivity contribution >= 4 is 0 Å². The van der Waals surface area contributed by atoms with Gasteiger partial charge in [-0.2, -0.15) is 0 Å². The van der Waals surface area contributed by atoms with E-state index < -0.39 is 0 Å². The van der Waals surface area contributed by atoms with Gasteiger partial charge in [0.05, 0.1) is 6.61 Å². The van der Waals surface area contributed by atoms with Gasteiger partial charge in [0, 0.05) is 6.61 Å². The lowest BCUT2D eigenvalue weighted by Crippen LogP contribution is -2.10. The van der Waals surface area contributed by atoms with Crippen LogP contribution in [0.25, 0.3) is 0 Å². The summed E-state index contributed by atoms with van der Waals surface area (Å²) in [5.41, 5.74) is 2.67. The van der Waals surface area contributed by atoms with Crippen LogP contribution in [0.2, 0.25) is 0 Å². The molecule has 1 N–H and O–H groups in total. The van der Waals surface area contributed by atoms with E-state index in [-0.39, 0.29) is 0 Å². The van der Waals surface area contributed by atoms with Crippen LogP contribution in [0.3, 0.4) is 0 Å². The lowest BCUT2D eigenvalue weighted by Gasteiger charge is -2.14. The highest BCUT2D eigenvalue weighted by atomic mass is 16.5. The summed E-state index contributed by atoms with van der Waals surface area (Å²) in [6.07, 6.45) is 6.22. The number of hydrogen-bond acceptors (Lipinski definition) is 2. The largest absolute Gasteiger partial charge is 0.376 e. The first-order chi connectivity index (χ1) is 9.80. The molecule has 1 rings (SSSR count). The van der Waals surface area contributed by atoms with Crippen LogP contribution >= 0.6 is 0 Å². The first-order valence-corrected chi connectivity index (χ1v) is 8.10. The standard InChI is InChI=1S/C18H31NO/c1-4-6-7-16(5-2)14-20-15-18-10-8-17(9-11-18)12-13-19-3/h8-11,16,19H,4-7,12-15H2,1-3H3. The minimum absolute atomic E-state index is 0.727. The summed E-state index contributed by atoms with van der Waals surface area (Å²) in [5.74, 6) is 0.727. The molecule has 0 amide bonds. The van der Waals surface area contributed by atoms with Gasteiger partial charge in [0.1, 0.15) is 0 Å². The van der Waals surface area contributed by atoms with Gasteiger partial charge in [-0.15, -0.1) is 0 Å². The zero-order chi connectivity index (χ0) is 14.6. The van der Waals surface area contributed by atoms with Crippen molar-refractivity contribution in [1.29, 1.82) is 0 Å². The fourth-order valence-corrected chi connectivity index (χ4v) is 2.31. The fourth-order valence-electron chi connectivity index (χ4n) is 2.31. The molecule has 0 bridgehead atoms. The van der Waals surface area contributed by atoms with Crippen molar-refractivity contribution in [2.24, 2.45) is 5.92 Å². The first kappa shape index (κ1) is 17.2. The molecule has 2 heteroatoms. The number of hydrogen-bond donors (Lipinski definition) is 1. The number of unbranched alkanes of at least 4 members (excludes halogenated alkanes) is 1. The van der Waals surface area contributed by atoms with Crippen LogP contribution in [0.4, 0.5) is 0 Å². The van der Waals surface area contributed by atoms with E-state index in [1.165, 1.54) is 36.8 Å². The molecule has 1 atom stereocenters. The minimum Gasteiger partial charge on any atom is -0.376 e. The third-order valence-corrected chi connectivity index (χ3v) is 3.85. The van der Waals surface area contributed by atoms with Crippen LogP contribution in [0.15, 0.2) is 24.3 Å². The van der Waals surface area contributed by atoms with Crippen molar-refractivity contribution in [3.05, 3.63) is 35.4 Å². The lowest BCUT2D eigenvalue weighted by molar-refractivity contribution is 0.0820. The smallest absolute Gasteiger partial charge is 0.0717 e. The van der Waals surface area contributed by atoms with Crippen molar-refractivity contribution in [2.45, 2.75) is 52.6 Å². The monoisotopic (exact) mass is 277 g/mol. The van der Waals surface area contributed by atoms with Gasteiger partial charge in [0.2, 0.25) is 0 Å². The summed E-state index contributed by atoms with van der Waals surface area (Å²) in [4.78, 5) is 0. The van der Waals surface area contributed by atoms with Crippen molar-refractivity contribution in [3.63, 3.8) is 0 Å². The van der Waals surface area contributed by atoms with E-state index in [2.05, 4.69) is 43.4 Å². The Labute approximate surface area is 124 Å². The van der Waals surface area contributed by atoms with Gasteiger partial charge in [-0.05, 0) is 43.5 Å². The molecule has 0 aliphatic heterocycles. The van der Waals surface area contributed by atoms with Crippen molar-refractivity contribution < 1.29 is 4.74 Å². The number of rotatable bonds is 11. The summed E-state index contributed by atoms with van der Waals surface area (Å²) in [7, 11) is 1.99. The maximum Gasteiger partial charge on any atom is 0.0717 e. The highest BCUT2D eigenvalue weighted by Gasteiger charge is 2.06. The Balaban J connectivity index is 2.27. The van der Waals surface area contributed by atoms with E-state index in [4.69, 9.17) is 4.74 Å². The molecule has 0 aliphatic rings. The van der Waals surface area contributed by atoms with E-state index in [1.54, 1.807) is 0 Å². The van der Waals surface area contributed by atoms with Crippen LogP contribution < -0.4 is 5.32 Å². The molecule has 0 aromatic heterocycles. The van der Waals surface area contributed by atoms with Gasteiger partial charge in [-0.3, -0.25) is 0 Å². The molecule has 1 aromatic carbocycles. The van der Waals surface area contributed by atoms with Crippen LogP contribution in [0.1, 0.15) is 50.7 Å². The summed E-state index contributed by atoms with van der Waals surface area (Å²) >= 11 is 0. The van der Waals surface area contributed by atoms with Gasteiger partial charge in [-0.1, -0.05) is 57.4 Å². The van der Waals surface area contributed by atoms with Gasteiger partial charge < -0.3 is 10.1 Å². The second-order valence-electron chi connectivity index (χ2n) is 5.60. The van der Waals surface area contributed by atoms with Crippen molar-refractivity contribution in [2.75, 3.05) is 20.2 Å². The van der Waals surface area contributed by atoms with Crippen molar-refractivity contribution in [1.82, 2.24) is 5.32 Å². The van der Waals surface area contributed by atoms with Crippen LogP contribution in [0.5, 0.6) is 0 Å². The predicted molar refractivity (Wildman–Crippen MR) is 87.0 cm³/mol. The Kier molecular flexibility index (Phi) is 9.35. The molecule has 0 radical (unpaired) electrons. The molecule has 1 aromatic rings. The average Bonchev–Trinajstić information content (AvgIpc) is 2.49. The third kappa shape index (κ3) is 7.06. The van der Waals surface area contributed by atoms with Crippen LogP contribution in [-0.2, 0) is 17.8 Å². The Morgan fingerprint density at radius 1 is 1.10 bits per heavy atom. The van der Waals surface area contributed by atoms with E-state index >= 15 is 0 Å². The van der Waals surface area contributed by atoms with Gasteiger partial charge in [0.15, 0.2) is 0 Å². The summed E-state index contributed by atoms with van der Waals surface area (Å²) < 4.78 is 5.88. The Morgan fingerprint density at radius 3 is 2.40 bits per heavy atom. The molecule has 0 saturated carbocycles. The maximum atomic E-state index is 5.88. The zero-order valence-corrected chi connectivity index (χ0v) is 13.5. The average molecular weight is 277 g/mol. The van der Waals surface area contributed by atoms with Gasteiger partial charge in [-0.25, -0.2) is 0 Å². The fraction of sp³-hybridized carbons (Fsp3) is 0.667. The molecular weight excluding hydrogens is 246 g/mol. The van der Waals surface area contributed by atoms with Crippen molar-refractivity contribution in [3.8, 4) is 0 Å². The lowest BCUT2D eigenvalue weighted by atomic mass is 10.0. The van der Waals surface area contributed by atoms with Crippen LogP contribution in [-0.4, -0.2) is 20.2 Å². The second-order valence-corrected chi connectivity index (χ2v) is 5.60. The van der Waals surface area contributed by atoms with E-state index in [1.807, 2.05) is 7.05 Å². The first-order valence-electron chi connectivity index (χ1n) is 8.10. The number of nitrogens with one attached hydrogen (secondary N) is 1. The molecule has 0 saturated heterocycles. The normalized spacial score (nSPS) is 12.6. The second kappa shape index (κ2) is 10.9. The molecular formula is C18H31NO. The molecule has 114 valence electrons. The Hall–Kier alpha value is -0.860. The number of ether oxygens (including phenoxy) is 1. The van der Waals surface area contributed by atoms with E-state index in [0.29, 0.717) is 0 Å². The topological polar surface area (TPSA) is 21.3 Å². The summed E-state index contributed by atoms with van der Waals surface area (Å²) in [5, 5.41) is 3.18. The SMILES string of the molecule is CCCCC(CC)COCc1ccc(CCNC)cc1. The van der Waals surface area contributed by atoms with Gasteiger partial charge in [0.25, 0.3) is 0 Å². The molecule has 0 aliphatic carbocycles. The number of benzene rings is 1. The van der Waals surface area contributed by atoms with E-state index in [0.717, 1.165) is 32.1 Å². The summed E-state index contributed by atoms with van der Waals surface area (Å²) in [6.45, 7) is 7.20. The van der Waals surface area contributed by atoms with E-state index in [9.17, 15) is 0 Å². The van der Waals surface area contributed by atoms with Crippen LogP contribution in [0, 0.1) is 5.92 Å². The minimum atomic E-state index is 0.727. The highest BCUT2D eigenvalue weighted by molar-refractivity contribution is 5.22. The predicted octanol–water partition coefficient (Wildman–Crippen LogP) is 4.18. The zero-order valence-electron chi connectivity index (χ0n) is 13.5. The maximum absolute atomic E-state index is 5.88. The molecule has 0 spiro atoms. The molecule has 0 fully saturated rings. The Bertz CT molecular complexity index is 334. The summed E-state index contributed by atoms with van der Waals surface area (Å²) in [6, 6.07) is 8.81.